The van der Waals surface area contributed by atoms with E-state index in [4.69, 9.17) is 0 Å². The molecule has 1 unspecified atom stereocenters. The fourth-order valence-electron chi connectivity index (χ4n) is 3.04. The Morgan fingerprint density at radius 3 is 2.57 bits per heavy atom. The Bertz CT molecular complexity index is 511. The molecule has 21 heavy (non-hydrogen) atoms. The van der Waals surface area contributed by atoms with Gasteiger partial charge in [0.1, 0.15) is 6.04 Å². The first-order valence-electron chi connectivity index (χ1n) is 7.87. The molecule has 1 atom stereocenters. The lowest BCUT2D eigenvalue weighted by Gasteiger charge is -2.30. The Hall–Kier alpha value is -1.84. The second-order valence-corrected chi connectivity index (χ2v) is 6.07. The van der Waals surface area contributed by atoms with Gasteiger partial charge in [0.05, 0.1) is 0 Å². The fourth-order valence-corrected chi connectivity index (χ4v) is 3.04. The molecule has 0 bridgehead atoms. The zero-order valence-corrected chi connectivity index (χ0v) is 12.3. The van der Waals surface area contributed by atoms with Crippen LogP contribution in [0.2, 0.25) is 0 Å². The maximum absolute atomic E-state index is 12.7. The van der Waals surface area contributed by atoms with E-state index in [2.05, 4.69) is 5.32 Å². The van der Waals surface area contributed by atoms with Crippen molar-refractivity contribution >= 4 is 11.8 Å². The SMILES string of the molecule is O=C1CCN(CCC2CCC2)C(=O)C(c2ccccc2)N1. The van der Waals surface area contributed by atoms with Gasteiger partial charge in [-0.25, -0.2) is 0 Å². The van der Waals surface area contributed by atoms with Gasteiger partial charge in [-0.2, -0.15) is 0 Å². The van der Waals surface area contributed by atoms with E-state index < -0.39 is 6.04 Å². The van der Waals surface area contributed by atoms with E-state index in [0.717, 1.165) is 24.4 Å². The van der Waals surface area contributed by atoms with Crippen LogP contribution in [0.1, 0.15) is 43.7 Å². The van der Waals surface area contributed by atoms with Crippen LogP contribution in [0, 0.1) is 5.92 Å². The molecule has 0 aromatic heterocycles. The first-order valence-corrected chi connectivity index (χ1v) is 7.87. The van der Waals surface area contributed by atoms with E-state index in [9.17, 15) is 9.59 Å². The van der Waals surface area contributed by atoms with Crippen molar-refractivity contribution in [1.29, 1.82) is 0 Å². The van der Waals surface area contributed by atoms with Crippen LogP contribution in [0.15, 0.2) is 30.3 Å². The average molecular weight is 286 g/mol. The van der Waals surface area contributed by atoms with Gasteiger partial charge in [0.25, 0.3) is 0 Å². The van der Waals surface area contributed by atoms with Crippen LogP contribution in [0.5, 0.6) is 0 Å². The Morgan fingerprint density at radius 1 is 1.14 bits per heavy atom. The minimum absolute atomic E-state index is 0.0337. The quantitative estimate of drug-likeness (QED) is 0.923. The monoisotopic (exact) mass is 286 g/mol. The molecule has 1 heterocycles. The van der Waals surface area contributed by atoms with Gasteiger partial charge in [-0.15, -0.1) is 0 Å². The number of carbonyl (C=O) groups is 2. The molecule has 0 spiro atoms. The first-order chi connectivity index (χ1) is 10.2. The van der Waals surface area contributed by atoms with Crippen molar-refractivity contribution in [3.63, 3.8) is 0 Å². The summed E-state index contributed by atoms with van der Waals surface area (Å²) in [5.74, 6) is 0.773. The highest BCUT2D eigenvalue weighted by Gasteiger charge is 2.31. The highest BCUT2D eigenvalue weighted by molar-refractivity contribution is 5.90. The number of benzene rings is 1. The molecule has 112 valence electrons. The lowest BCUT2D eigenvalue weighted by Crippen LogP contribution is -2.39. The maximum Gasteiger partial charge on any atom is 0.249 e. The van der Waals surface area contributed by atoms with Gasteiger partial charge < -0.3 is 10.2 Å². The number of nitrogens with one attached hydrogen (secondary N) is 1. The van der Waals surface area contributed by atoms with Crippen LogP contribution in [0.4, 0.5) is 0 Å². The molecule has 0 radical (unpaired) electrons. The first kappa shape index (κ1) is 14.1. The third-order valence-corrected chi connectivity index (χ3v) is 4.64. The summed E-state index contributed by atoms with van der Waals surface area (Å²) in [6.45, 7) is 1.32. The molecular formula is C17H22N2O2. The minimum atomic E-state index is -0.525. The van der Waals surface area contributed by atoms with Crippen LogP contribution in [0.25, 0.3) is 0 Å². The number of amides is 2. The number of hydrogen-bond donors (Lipinski definition) is 1. The molecule has 1 aromatic carbocycles. The normalized spacial score (nSPS) is 23.4. The van der Waals surface area contributed by atoms with Crippen molar-refractivity contribution in [3.05, 3.63) is 35.9 Å². The van der Waals surface area contributed by atoms with Gasteiger partial charge in [-0.05, 0) is 17.9 Å². The minimum Gasteiger partial charge on any atom is -0.340 e. The molecule has 1 aliphatic heterocycles. The van der Waals surface area contributed by atoms with Gasteiger partial charge in [0.2, 0.25) is 11.8 Å². The number of rotatable bonds is 4. The summed E-state index contributed by atoms with van der Waals surface area (Å²) in [4.78, 5) is 26.5. The topological polar surface area (TPSA) is 49.4 Å². The molecule has 2 fully saturated rings. The van der Waals surface area contributed by atoms with Crippen LogP contribution < -0.4 is 5.32 Å². The zero-order chi connectivity index (χ0) is 14.7. The number of nitrogens with zero attached hydrogens (tertiary/aromatic N) is 1. The summed E-state index contributed by atoms with van der Waals surface area (Å²) >= 11 is 0. The van der Waals surface area contributed by atoms with Crippen molar-refractivity contribution in [2.45, 2.75) is 38.1 Å². The Labute approximate surface area is 125 Å². The summed E-state index contributed by atoms with van der Waals surface area (Å²) in [7, 11) is 0. The summed E-state index contributed by atoms with van der Waals surface area (Å²) in [5.41, 5.74) is 0.867. The molecule has 1 aromatic rings. The fraction of sp³-hybridized carbons (Fsp3) is 0.529. The van der Waals surface area contributed by atoms with Crippen molar-refractivity contribution in [1.82, 2.24) is 10.2 Å². The van der Waals surface area contributed by atoms with Crippen LogP contribution in [-0.4, -0.2) is 29.8 Å². The molecule has 3 rings (SSSR count). The Balaban J connectivity index is 1.72. The molecule has 4 heteroatoms. The molecular weight excluding hydrogens is 264 g/mol. The lowest BCUT2D eigenvalue weighted by molar-refractivity contribution is -0.134. The third kappa shape index (κ3) is 3.26. The highest BCUT2D eigenvalue weighted by Crippen LogP contribution is 2.30. The van der Waals surface area contributed by atoms with E-state index in [1.54, 1.807) is 0 Å². The van der Waals surface area contributed by atoms with Crippen molar-refractivity contribution < 1.29 is 9.59 Å². The summed E-state index contributed by atoms with van der Waals surface area (Å²) in [6, 6.07) is 9.00. The van der Waals surface area contributed by atoms with Crippen molar-refractivity contribution in [3.8, 4) is 0 Å². The van der Waals surface area contributed by atoms with Crippen LogP contribution >= 0.6 is 0 Å². The molecule has 1 aliphatic carbocycles. The molecule has 1 saturated carbocycles. The maximum atomic E-state index is 12.7. The highest BCUT2D eigenvalue weighted by atomic mass is 16.2. The largest absolute Gasteiger partial charge is 0.340 e. The predicted octanol–water partition coefficient (Wildman–Crippen LogP) is 2.27. The van der Waals surface area contributed by atoms with E-state index in [-0.39, 0.29) is 11.8 Å². The standard InChI is InChI=1S/C17H22N2O2/c20-15-10-12-19(11-9-13-5-4-6-13)17(21)16(18-15)14-7-2-1-3-8-14/h1-3,7-8,13,16H,4-6,9-12H2,(H,18,20). The van der Waals surface area contributed by atoms with E-state index in [1.807, 2.05) is 35.2 Å². The third-order valence-electron chi connectivity index (χ3n) is 4.64. The zero-order valence-electron chi connectivity index (χ0n) is 12.3. The van der Waals surface area contributed by atoms with Gasteiger partial charge in [0.15, 0.2) is 0 Å². The van der Waals surface area contributed by atoms with Gasteiger partial charge in [-0.1, -0.05) is 49.6 Å². The molecule has 2 aliphatic rings. The predicted molar refractivity (Wildman–Crippen MR) is 80.5 cm³/mol. The van der Waals surface area contributed by atoms with Gasteiger partial charge >= 0.3 is 0 Å². The van der Waals surface area contributed by atoms with Crippen molar-refractivity contribution in [2.75, 3.05) is 13.1 Å². The molecule has 1 saturated heterocycles. The lowest BCUT2D eigenvalue weighted by atomic mass is 9.83. The summed E-state index contributed by atoms with van der Waals surface area (Å²) < 4.78 is 0. The second-order valence-electron chi connectivity index (χ2n) is 6.07. The van der Waals surface area contributed by atoms with Gasteiger partial charge in [-0.3, -0.25) is 9.59 Å². The second kappa shape index (κ2) is 6.29. The Kier molecular flexibility index (Phi) is 4.23. The van der Waals surface area contributed by atoms with Crippen molar-refractivity contribution in [2.24, 2.45) is 5.92 Å². The number of carbonyl (C=O) groups excluding carboxylic acids is 2. The van der Waals surface area contributed by atoms with Crippen LogP contribution in [0.3, 0.4) is 0 Å². The van der Waals surface area contributed by atoms with Crippen LogP contribution in [-0.2, 0) is 9.59 Å². The molecule has 2 amide bonds. The Morgan fingerprint density at radius 2 is 1.90 bits per heavy atom. The average Bonchev–Trinajstić information content (AvgIpc) is 2.59. The molecule has 4 nitrogen and oxygen atoms in total. The number of hydrogen-bond acceptors (Lipinski definition) is 2. The molecule has 1 N–H and O–H groups in total. The van der Waals surface area contributed by atoms with E-state index >= 15 is 0 Å². The van der Waals surface area contributed by atoms with E-state index in [0.29, 0.717) is 13.0 Å². The van der Waals surface area contributed by atoms with Gasteiger partial charge in [0, 0.05) is 19.5 Å². The summed E-state index contributed by atoms with van der Waals surface area (Å²) in [5, 5.41) is 2.86. The summed E-state index contributed by atoms with van der Waals surface area (Å²) in [6.07, 6.45) is 5.38. The smallest absolute Gasteiger partial charge is 0.249 e. The van der Waals surface area contributed by atoms with E-state index in [1.165, 1.54) is 19.3 Å².